The van der Waals surface area contributed by atoms with Gasteiger partial charge < -0.3 is 14.7 Å². The monoisotopic (exact) mass is 452 g/mol. The number of phosphoric acid groups is 2. The van der Waals surface area contributed by atoms with Crippen LogP contribution >= 0.6 is 15.6 Å². The fraction of sp³-hybridized carbons (Fsp3) is 0.700. The van der Waals surface area contributed by atoms with E-state index in [9.17, 15) is 14.0 Å². The summed E-state index contributed by atoms with van der Waals surface area (Å²) in [6, 6.07) is 0. The van der Waals surface area contributed by atoms with Gasteiger partial charge in [-0.25, -0.2) is 9.13 Å². The lowest BCUT2D eigenvalue weighted by Crippen LogP contribution is -2.02. The number of hydrogen-bond donors (Lipinski definition) is 3. The van der Waals surface area contributed by atoms with Crippen LogP contribution in [-0.4, -0.2) is 21.3 Å². The molecule has 0 saturated heterocycles. The van der Waals surface area contributed by atoms with Gasteiger partial charge in [-0.1, -0.05) is 41.9 Å². The third kappa shape index (κ3) is 19.2. The lowest BCUT2D eigenvalue weighted by Gasteiger charge is -2.14. The number of allylic oxidation sites excluding steroid dienone is 6. The zero-order valence-corrected chi connectivity index (χ0v) is 20.1. The highest BCUT2D eigenvalue weighted by molar-refractivity contribution is 7.60. The lowest BCUT2D eigenvalue weighted by molar-refractivity contribution is 0.170. The molecule has 0 aromatic rings. The second-order valence-electron chi connectivity index (χ2n) is 7.80. The lowest BCUT2D eigenvalue weighted by atomic mass is 10.0. The van der Waals surface area contributed by atoms with Crippen LogP contribution in [0.3, 0.4) is 0 Å². The van der Waals surface area contributed by atoms with Crippen LogP contribution in [-0.2, 0) is 18.0 Å². The molecule has 1 unspecified atom stereocenters. The molecule has 9 heteroatoms. The summed E-state index contributed by atoms with van der Waals surface area (Å²) in [5.74, 6) is 0.242. The molecule has 0 amide bonds. The van der Waals surface area contributed by atoms with E-state index in [4.69, 9.17) is 9.79 Å². The van der Waals surface area contributed by atoms with Gasteiger partial charge in [-0.05, 0) is 78.6 Å². The third-order valence-corrected chi connectivity index (χ3v) is 6.53. The van der Waals surface area contributed by atoms with Crippen LogP contribution in [0.5, 0.6) is 0 Å². The smallest absolute Gasteiger partial charge is 0.302 e. The minimum Gasteiger partial charge on any atom is -0.302 e. The standard InChI is InChI=1S/C20H38O7P2/c1-17(2)9-6-10-18(3)11-7-12-19(4)13-8-14-20(5)15-16-26-29(24,25)27-28(21,22)23/h9,11,13,20H,6-8,10,12,14-16H2,1-5H3,(H,24,25)(H2,21,22,23)/b18-11-,19-13-/t20-/m1/s1. The summed E-state index contributed by atoms with van der Waals surface area (Å²) < 4.78 is 30.3. The quantitative estimate of drug-likeness (QED) is 0.194. The largest absolute Gasteiger partial charge is 0.481 e. The van der Waals surface area contributed by atoms with E-state index in [-0.39, 0.29) is 12.5 Å². The minimum absolute atomic E-state index is 0.103. The average molecular weight is 452 g/mol. The van der Waals surface area contributed by atoms with Gasteiger partial charge >= 0.3 is 15.6 Å². The highest BCUT2D eigenvalue weighted by Gasteiger charge is 2.32. The maximum absolute atomic E-state index is 11.4. The number of phosphoric ester groups is 1. The van der Waals surface area contributed by atoms with Crippen molar-refractivity contribution in [2.24, 2.45) is 5.92 Å². The fourth-order valence-electron chi connectivity index (χ4n) is 2.62. The van der Waals surface area contributed by atoms with E-state index >= 15 is 0 Å². The summed E-state index contributed by atoms with van der Waals surface area (Å²) in [6.07, 6.45) is 13.4. The second kappa shape index (κ2) is 14.5. The molecular weight excluding hydrogens is 414 g/mol. The molecule has 0 heterocycles. The molecule has 0 rings (SSSR count). The van der Waals surface area contributed by atoms with E-state index in [1.807, 2.05) is 6.92 Å². The molecule has 7 nitrogen and oxygen atoms in total. The maximum atomic E-state index is 11.4. The Morgan fingerprint density at radius 2 is 1.38 bits per heavy atom. The van der Waals surface area contributed by atoms with E-state index in [2.05, 4.69) is 54.8 Å². The average Bonchev–Trinajstić information content (AvgIpc) is 2.51. The van der Waals surface area contributed by atoms with Gasteiger partial charge in [0.05, 0.1) is 6.61 Å². The van der Waals surface area contributed by atoms with Gasteiger partial charge in [0.25, 0.3) is 0 Å². The van der Waals surface area contributed by atoms with Crippen molar-refractivity contribution in [3.63, 3.8) is 0 Å². The Morgan fingerprint density at radius 3 is 1.90 bits per heavy atom. The Morgan fingerprint density at radius 1 is 0.862 bits per heavy atom. The van der Waals surface area contributed by atoms with Crippen LogP contribution in [0.4, 0.5) is 0 Å². The molecule has 0 aliphatic rings. The predicted molar refractivity (Wildman–Crippen MR) is 117 cm³/mol. The molecule has 0 radical (unpaired) electrons. The summed E-state index contributed by atoms with van der Waals surface area (Å²) in [6.45, 7) is 10.4. The van der Waals surface area contributed by atoms with E-state index < -0.39 is 15.6 Å². The summed E-state index contributed by atoms with van der Waals surface area (Å²) in [5.41, 5.74) is 4.13. The van der Waals surface area contributed by atoms with Gasteiger partial charge in [0, 0.05) is 0 Å². The highest BCUT2D eigenvalue weighted by Crippen LogP contribution is 2.57. The molecule has 3 N–H and O–H groups in total. The molecule has 170 valence electrons. The normalized spacial score (nSPS) is 16.4. The van der Waals surface area contributed by atoms with Gasteiger partial charge in [-0.15, -0.1) is 0 Å². The summed E-state index contributed by atoms with van der Waals surface area (Å²) in [7, 11) is -9.79. The van der Waals surface area contributed by atoms with Crippen molar-refractivity contribution in [2.45, 2.75) is 79.6 Å². The van der Waals surface area contributed by atoms with E-state index in [1.54, 1.807) is 0 Å². The van der Waals surface area contributed by atoms with Crippen LogP contribution in [0.15, 0.2) is 34.9 Å². The van der Waals surface area contributed by atoms with Gasteiger partial charge in [0.2, 0.25) is 0 Å². The first-order valence-electron chi connectivity index (χ1n) is 9.99. The Balaban J connectivity index is 4.05. The van der Waals surface area contributed by atoms with Crippen molar-refractivity contribution >= 4 is 15.6 Å². The summed E-state index contributed by atoms with van der Waals surface area (Å²) >= 11 is 0. The highest BCUT2D eigenvalue weighted by atomic mass is 31.3. The van der Waals surface area contributed by atoms with E-state index in [0.29, 0.717) is 6.42 Å². The SMILES string of the molecule is CC(C)=CCC/C(C)=C\CC/C(C)=C\CC[C@@H](C)CCOP(=O)(O)OP(=O)(O)O. The summed E-state index contributed by atoms with van der Waals surface area (Å²) in [5, 5.41) is 0. The van der Waals surface area contributed by atoms with Crippen molar-refractivity contribution in [2.75, 3.05) is 6.61 Å². The van der Waals surface area contributed by atoms with E-state index in [1.165, 1.54) is 16.7 Å². The molecular formula is C20H38O7P2. The number of hydrogen-bond acceptors (Lipinski definition) is 4. The topological polar surface area (TPSA) is 113 Å². The third-order valence-electron chi connectivity index (χ3n) is 4.35. The van der Waals surface area contributed by atoms with Crippen LogP contribution in [0.1, 0.15) is 79.6 Å². The van der Waals surface area contributed by atoms with Crippen molar-refractivity contribution in [1.82, 2.24) is 0 Å². The molecule has 0 fully saturated rings. The van der Waals surface area contributed by atoms with Crippen molar-refractivity contribution < 1.29 is 32.6 Å². The predicted octanol–water partition coefficient (Wildman–Crippen LogP) is 6.44. The second-order valence-corrected chi connectivity index (χ2v) is 10.6. The minimum atomic E-state index is -5.06. The molecule has 2 atom stereocenters. The Kier molecular flexibility index (Phi) is 14.2. The molecule has 0 saturated carbocycles. The first-order chi connectivity index (χ1) is 13.3. The van der Waals surface area contributed by atoms with Crippen molar-refractivity contribution in [1.29, 1.82) is 0 Å². The van der Waals surface area contributed by atoms with Crippen LogP contribution in [0, 0.1) is 5.92 Å². The summed E-state index contributed by atoms with van der Waals surface area (Å²) in [4.78, 5) is 26.3. The maximum Gasteiger partial charge on any atom is 0.481 e. The fourth-order valence-corrected chi connectivity index (χ4v) is 4.22. The van der Waals surface area contributed by atoms with Crippen molar-refractivity contribution in [3.8, 4) is 0 Å². The van der Waals surface area contributed by atoms with Gasteiger partial charge in [-0.3, -0.25) is 4.52 Å². The van der Waals surface area contributed by atoms with Crippen LogP contribution in [0.25, 0.3) is 0 Å². The molecule has 0 aliphatic heterocycles. The molecule has 29 heavy (non-hydrogen) atoms. The van der Waals surface area contributed by atoms with Gasteiger partial charge in [-0.2, -0.15) is 4.31 Å². The van der Waals surface area contributed by atoms with Crippen LogP contribution < -0.4 is 0 Å². The first kappa shape index (κ1) is 28.5. The molecule has 0 spiro atoms. The first-order valence-corrected chi connectivity index (χ1v) is 13.0. The molecule has 0 bridgehead atoms. The molecule has 0 aliphatic carbocycles. The number of rotatable bonds is 15. The Labute approximate surface area is 175 Å². The Hall–Kier alpha value is -0.520. The van der Waals surface area contributed by atoms with Gasteiger partial charge in [0.1, 0.15) is 0 Å². The molecule has 0 aromatic carbocycles. The van der Waals surface area contributed by atoms with Crippen LogP contribution in [0.2, 0.25) is 0 Å². The van der Waals surface area contributed by atoms with E-state index in [0.717, 1.165) is 38.5 Å². The zero-order chi connectivity index (χ0) is 22.5. The molecule has 0 aromatic heterocycles. The zero-order valence-electron chi connectivity index (χ0n) is 18.3. The van der Waals surface area contributed by atoms with Gasteiger partial charge in [0.15, 0.2) is 0 Å². The van der Waals surface area contributed by atoms with Crippen molar-refractivity contribution in [3.05, 3.63) is 34.9 Å². The Bertz CT molecular complexity index is 658.